The molecular weight excluding hydrogens is 356 g/mol. The first-order valence-electron chi connectivity index (χ1n) is 8.57. The topological polar surface area (TPSA) is 66.8 Å². The van der Waals surface area contributed by atoms with Crippen LogP contribution < -0.4 is 4.90 Å². The number of rotatable bonds is 3. The first-order valence-corrected chi connectivity index (χ1v) is 11.3. The van der Waals surface area contributed by atoms with Gasteiger partial charge in [0.2, 0.25) is 0 Å². The fraction of sp³-hybridized carbons (Fsp3) is 0.556. The first kappa shape index (κ1) is 18.5. The van der Waals surface area contributed by atoms with Gasteiger partial charge in [0.1, 0.15) is 0 Å². The Morgan fingerprint density at radius 1 is 1.16 bits per heavy atom. The summed E-state index contributed by atoms with van der Waals surface area (Å²) in [6, 6.07) is 7.96. The lowest BCUT2D eigenvalue weighted by atomic mass is 10.0. The van der Waals surface area contributed by atoms with Crippen LogP contribution in [0.25, 0.3) is 0 Å². The van der Waals surface area contributed by atoms with Gasteiger partial charge in [-0.3, -0.25) is 4.79 Å². The van der Waals surface area contributed by atoms with Crippen LogP contribution in [0.4, 0.5) is 5.69 Å². The maximum atomic E-state index is 12.1. The second kappa shape index (κ2) is 6.76. The Morgan fingerprint density at radius 2 is 1.80 bits per heavy atom. The lowest BCUT2D eigenvalue weighted by molar-refractivity contribution is -0.120. The standard InChI is InChI=1S/C18H24N2O3S2/c1-11(2)13-5-7-14(8-6-13)20-15-9-25(22,23)10-16(15)24-18(20)19-17(21)12(3)4/h5-8,11-12,15-16H,9-10H2,1-4H3/t15-,16+/m1/s1. The predicted octanol–water partition coefficient (Wildman–Crippen LogP) is 3.07. The van der Waals surface area contributed by atoms with E-state index >= 15 is 0 Å². The number of sulfone groups is 1. The number of hydrogen-bond donors (Lipinski definition) is 0. The number of benzene rings is 1. The van der Waals surface area contributed by atoms with E-state index < -0.39 is 9.84 Å². The molecule has 0 spiro atoms. The van der Waals surface area contributed by atoms with Gasteiger partial charge in [0.15, 0.2) is 15.0 Å². The molecule has 136 valence electrons. The number of aliphatic imine (C=N–C) groups is 1. The lowest BCUT2D eigenvalue weighted by Crippen LogP contribution is -2.37. The van der Waals surface area contributed by atoms with E-state index in [1.807, 2.05) is 30.9 Å². The summed E-state index contributed by atoms with van der Waals surface area (Å²) in [4.78, 5) is 18.4. The predicted molar refractivity (Wildman–Crippen MR) is 104 cm³/mol. The minimum absolute atomic E-state index is 0.0616. The number of anilines is 1. The van der Waals surface area contributed by atoms with Gasteiger partial charge in [-0.05, 0) is 23.6 Å². The number of thioether (sulfide) groups is 1. The van der Waals surface area contributed by atoms with Gasteiger partial charge < -0.3 is 4.90 Å². The first-order chi connectivity index (χ1) is 11.7. The number of hydrogen-bond acceptors (Lipinski definition) is 4. The Labute approximate surface area is 153 Å². The van der Waals surface area contributed by atoms with Crippen LogP contribution in [0.2, 0.25) is 0 Å². The van der Waals surface area contributed by atoms with Gasteiger partial charge in [-0.2, -0.15) is 4.99 Å². The van der Waals surface area contributed by atoms with Crippen LogP contribution in [-0.2, 0) is 14.6 Å². The highest BCUT2D eigenvalue weighted by atomic mass is 32.2. The maximum Gasteiger partial charge on any atom is 0.250 e. The Hall–Kier alpha value is -1.34. The van der Waals surface area contributed by atoms with E-state index in [2.05, 4.69) is 31.0 Å². The molecule has 0 bridgehead atoms. The number of carbonyl (C=O) groups excluding carboxylic acids is 1. The molecule has 1 aromatic carbocycles. The van der Waals surface area contributed by atoms with Gasteiger partial charge in [0, 0.05) is 16.9 Å². The summed E-state index contributed by atoms with van der Waals surface area (Å²) < 4.78 is 24.1. The molecule has 2 atom stereocenters. The van der Waals surface area contributed by atoms with Crippen molar-refractivity contribution in [3.05, 3.63) is 29.8 Å². The summed E-state index contributed by atoms with van der Waals surface area (Å²) in [5, 5.41) is 0.564. The van der Waals surface area contributed by atoms with E-state index in [4.69, 9.17) is 0 Å². The average Bonchev–Trinajstić information content (AvgIpc) is 2.98. The molecule has 2 heterocycles. The summed E-state index contributed by atoms with van der Waals surface area (Å²) in [6.45, 7) is 7.90. The highest BCUT2D eigenvalue weighted by molar-refractivity contribution is 8.16. The second-order valence-electron chi connectivity index (χ2n) is 7.30. The Morgan fingerprint density at radius 3 is 2.36 bits per heavy atom. The molecule has 2 fully saturated rings. The van der Waals surface area contributed by atoms with Crippen molar-refractivity contribution in [1.82, 2.24) is 0 Å². The third-order valence-corrected chi connectivity index (χ3v) is 7.81. The van der Waals surface area contributed by atoms with E-state index in [-0.39, 0.29) is 34.6 Å². The van der Waals surface area contributed by atoms with Crippen molar-refractivity contribution in [3.63, 3.8) is 0 Å². The molecule has 0 saturated carbocycles. The van der Waals surface area contributed by atoms with Crippen LogP contribution in [0.3, 0.4) is 0 Å². The third-order valence-electron chi connectivity index (χ3n) is 4.60. The minimum Gasteiger partial charge on any atom is -0.316 e. The molecule has 0 unspecified atom stereocenters. The molecule has 1 amide bonds. The molecule has 1 aromatic rings. The molecule has 0 radical (unpaired) electrons. The average molecular weight is 381 g/mol. The molecule has 5 nitrogen and oxygen atoms in total. The molecular formula is C18H24N2O3S2. The van der Waals surface area contributed by atoms with Crippen molar-refractivity contribution < 1.29 is 13.2 Å². The van der Waals surface area contributed by atoms with Crippen molar-refractivity contribution in [2.24, 2.45) is 10.9 Å². The van der Waals surface area contributed by atoms with Gasteiger partial charge in [0.25, 0.3) is 5.91 Å². The summed E-state index contributed by atoms with van der Waals surface area (Å²) in [7, 11) is -3.04. The summed E-state index contributed by atoms with van der Waals surface area (Å²) >= 11 is 1.42. The molecule has 25 heavy (non-hydrogen) atoms. The quantitative estimate of drug-likeness (QED) is 0.806. The summed E-state index contributed by atoms with van der Waals surface area (Å²) in [6.07, 6.45) is 0. The van der Waals surface area contributed by atoms with Crippen molar-refractivity contribution in [2.75, 3.05) is 16.4 Å². The smallest absolute Gasteiger partial charge is 0.250 e. The van der Waals surface area contributed by atoms with Crippen LogP contribution in [-0.4, -0.2) is 42.3 Å². The monoisotopic (exact) mass is 380 g/mol. The molecule has 3 rings (SSSR count). The number of fused-ring (bicyclic) bond motifs is 1. The number of carbonyl (C=O) groups is 1. The van der Waals surface area contributed by atoms with Gasteiger partial charge in [-0.25, -0.2) is 8.42 Å². The highest BCUT2D eigenvalue weighted by Crippen LogP contribution is 2.41. The lowest BCUT2D eigenvalue weighted by Gasteiger charge is -2.25. The largest absolute Gasteiger partial charge is 0.316 e. The summed E-state index contributed by atoms with van der Waals surface area (Å²) in [5.41, 5.74) is 2.12. The fourth-order valence-electron chi connectivity index (χ4n) is 3.11. The van der Waals surface area contributed by atoms with Crippen molar-refractivity contribution in [2.45, 2.75) is 44.9 Å². The fourth-order valence-corrected chi connectivity index (χ4v) is 7.03. The van der Waals surface area contributed by atoms with Crippen LogP contribution in [0, 0.1) is 5.92 Å². The van der Waals surface area contributed by atoms with Gasteiger partial charge >= 0.3 is 0 Å². The van der Waals surface area contributed by atoms with Crippen LogP contribution in [0.5, 0.6) is 0 Å². The van der Waals surface area contributed by atoms with Crippen molar-refractivity contribution >= 4 is 38.4 Å². The van der Waals surface area contributed by atoms with Crippen molar-refractivity contribution in [1.29, 1.82) is 0 Å². The normalized spacial score (nSPS) is 26.6. The molecule has 7 heteroatoms. The molecule has 2 aliphatic heterocycles. The van der Waals surface area contributed by atoms with E-state index in [1.165, 1.54) is 17.3 Å². The third kappa shape index (κ3) is 3.77. The van der Waals surface area contributed by atoms with E-state index in [0.717, 1.165) is 5.69 Å². The molecule has 0 N–H and O–H groups in total. The molecule has 0 aromatic heterocycles. The number of nitrogens with zero attached hydrogens (tertiary/aromatic N) is 2. The zero-order chi connectivity index (χ0) is 18.4. The molecule has 2 aliphatic rings. The zero-order valence-electron chi connectivity index (χ0n) is 15.0. The second-order valence-corrected chi connectivity index (χ2v) is 10.7. The molecule has 2 saturated heterocycles. The Kier molecular flexibility index (Phi) is 4.99. The highest BCUT2D eigenvalue weighted by Gasteiger charge is 2.49. The van der Waals surface area contributed by atoms with E-state index in [0.29, 0.717) is 11.1 Å². The zero-order valence-corrected chi connectivity index (χ0v) is 16.6. The van der Waals surface area contributed by atoms with Crippen LogP contribution in [0.1, 0.15) is 39.2 Å². The van der Waals surface area contributed by atoms with Gasteiger partial charge in [0.05, 0.1) is 17.5 Å². The minimum atomic E-state index is -3.04. The number of amidine groups is 1. The summed E-state index contributed by atoms with van der Waals surface area (Å²) in [5.74, 6) is 0.345. The van der Waals surface area contributed by atoms with Crippen LogP contribution >= 0.6 is 11.8 Å². The van der Waals surface area contributed by atoms with Crippen LogP contribution in [0.15, 0.2) is 29.3 Å². The maximum absolute atomic E-state index is 12.1. The SMILES string of the molecule is CC(C)C(=O)N=C1S[C@H]2CS(=O)(=O)C[C@H]2N1c1ccc(C(C)C)cc1. The van der Waals surface area contributed by atoms with Gasteiger partial charge in [-0.1, -0.05) is 51.6 Å². The number of amides is 1. The van der Waals surface area contributed by atoms with E-state index in [1.54, 1.807) is 0 Å². The Balaban J connectivity index is 1.98. The van der Waals surface area contributed by atoms with Crippen molar-refractivity contribution in [3.8, 4) is 0 Å². The molecule has 0 aliphatic carbocycles. The van der Waals surface area contributed by atoms with E-state index in [9.17, 15) is 13.2 Å². The Bertz CT molecular complexity index is 798. The van der Waals surface area contributed by atoms with Gasteiger partial charge in [-0.15, -0.1) is 0 Å².